The van der Waals surface area contributed by atoms with Gasteiger partial charge in [-0.05, 0) is 52.4 Å². The molecule has 0 aliphatic carbocycles. The van der Waals surface area contributed by atoms with Crippen molar-refractivity contribution in [1.29, 1.82) is 5.26 Å². The van der Waals surface area contributed by atoms with Crippen molar-refractivity contribution in [3.8, 4) is 23.3 Å². The van der Waals surface area contributed by atoms with Crippen LogP contribution in [-0.2, 0) is 10.8 Å². The second-order valence-electron chi connectivity index (χ2n) is 8.96. The van der Waals surface area contributed by atoms with E-state index in [-0.39, 0.29) is 17.1 Å². The number of benzene rings is 3. The van der Waals surface area contributed by atoms with Crippen molar-refractivity contribution in [2.24, 2.45) is 0 Å². The number of hydrogen-bond acceptors (Lipinski definition) is 3. The summed E-state index contributed by atoms with van der Waals surface area (Å²) in [7, 11) is 0. The van der Waals surface area contributed by atoms with E-state index in [1.165, 1.54) is 6.07 Å². The van der Waals surface area contributed by atoms with Crippen molar-refractivity contribution < 1.29 is 36.2 Å². The zero-order valence-corrected chi connectivity index (χ0v) is 18.9. The van der Waals surface area contributed by atoms with E-state index in [2.05, 4.69) is 0 Å². The van der Waals surface area contributed by atoms with E-state index in [1.807, 2.05) is 26.8 Å². The molecule has 3 aromatic rings. The zero-order chi connectivity index (χ0) is 26.2. The van der Waals surface area contributed by atoms with Crippen molar-refractivity contribution >= 4 is 0 Å². The summed E-state index contributed by atoms with van der Waals surface area (Å²) in [6.45, 7) is 5.66. The van der Waals surface area contributed by atoms with Gasteiger partial charge >= 0.3 is 12.4 Å². The maximum absolute atomic E-state index is 14.2. The fraction of sp³-hybridized carbons (Fsp3) is 0.269. The highest BCUT2D eigenvalue weighted by Crippen LogP contribution is 2.56. The van der Waals surface area contributed by atoms with Gasteiger partial charge in [0.25, 0.3) is 0 Å². The fourth-order valence-corrected chi connectivity index (χ4v) is 3.95. The zero-order valence-electron chi connectivity index (χ0n) is 18.9. The molecule has 9 heteroatoms. The highest BCUT2D eigenvalue weighted by molar-refractivity contribution is 5.53. The van der Waals surface area contributed by atoms with Gasteiger partial charge in [-0.2, -0.15) is 31.6 Å². The van der Waals surface area contributed by atoms with Crippen LogP contribution in [0.15, 0.2) is 66.7 Å². The molecule has 0 amide bonds. The molecule has 0 atom stereocenters. The molecule has 35 heavy (non-hydrogen) atoms. The third-order valence-corrected chi connectivity index (χ3v) is 5.61. The summed E-state index contributed by atoms with van der Waals surface area (Å²) in [5.41, 5.74) is -6.01. The highest BCUT2D eigenvalue weighted by Gasteiger charge is 2.72. The molecule has 3 nitrogen and oxygen atoms in total. The number of phenolic OH excluding ortho intramolecular Hbond substituents is 1. The molecule has 0 spiro atoms. The van der Waals surface area contributed by atoms with Crippen LogP contribution < -0.4 is 4.74 Å². The molecule has 3 aromatic carbocycles. The Hall–Kier alpha value is -3.67. The average molecular weight is 493 g/mol. The molecule has 0 aromatic heterocycles. The molecular formula is C26H21F6NO2. The molecule has 0 aliphatic heterocycles. The Labute approximate surface area is 198 Å². The summed E-state index contributed by atoms with van der Waals surface area (Å²) >= 11 is 0. The molecule has 1 N–H and O–H groups in total. The van der Waals surface area contributed by atoms with Crippen LogP contribution in [0.3, 0.4) is 0 Å². The van der Waals surface area contributed by atoms with Gasteiger partial charge in [-0.1, -0.05) is 57.2 Å². The molecule has 0 saturated heterocycles. The lowest BCUT2D eigenvalue weighted by molar-refractivity contribution is -0.288. The first-order valence-electron chi connectivity index (χ1n) is 10.4. The molecular weight excluding hydrogens is 472 g/mol. The van der Waals surface area contributed by atoms with Gasteiger partial charge in [0, 0.05) is 0 Å². The quantitative estimate of drug-likeness (QED) is 0.378. The number of aromatic hydroxyl groups is 1. The summed E-state index contributed by atoms with van der Waals surface area (Å²) in [4.78, 5) is 0. The van der Waals surface area contributed by atoms with Crippen LogP contribution in [0, 0.1) is 11.3 Å². The Kier molecular flexibility index (Phi) is 6.55. The van der Waals surface area contributed by atoms with Crippen LogP contribution in [0.1, 0.15) is 43.0 Å². The third kappa shape index (κ3) is 4.65. The second-order valence-corrected chi connectivity index (χ2v) is 8.96. The van der Waals surface area contributed by atoms with Crippen molar-refractivity contribution in [2.45, 2.75) is 44.0 Å². The summed E-state index contributed by atoms with van der Waals surface area (Å²) in [5.74, 6) is -0.383. The minimum Gasteiger partial charge on any atom is -0.508 e. The van der Waals surface area contributed by atoms with Crippen LogP contribution in [-0.4, -0.2) is 17.5 Å². The predicted molar refractivity (Wildman–Crippen MR) is 117 cm³/mol. The number of halogens is 6. The van der Waals surface area contributed by atoms with Crippen molar-refractivity contribution in [2.75, 3.05) is 0 Å². The lowest BCUT2D eigenvalue weighted by atomic mass is 9.73. The number of ether oxygens (including phenoxy) is 1. The summed E-state index contributed by atoms with van der Waals surface area (Å²) in [6, 6.07) is 13.0. The molecule has 0 unspecified atom stereocenters. The standard InChI is InChI=1S/C26H21F6NO2/c1-23(2,3)21-5-4-6-22(20(21)15-33)35-19-13-9-17(10-14-19)24(25(27,28)29,26(30,31)32)16-7-11-18(34)12-8-16/h4-14,34H,1-3H3. The van der Waals surface area contributed by atoms with Gasteiger partial charge in [0.2, 0.25) is 5.41 Å². The Morgan fingerprint density at radius 3 is 1.66 bits per heavy atom. The molecule has 0 bridgehead atoms. The Morgan fingerprint density at radius 1 is 0.743 bits per heavy atom. The monoisotopic (exact) mass is 493 g/mol. The molecule has 0 radical (unpaired) electrons. The van der Waals surface area contributed by atoms with Crippen LogP contribution in [0.2, 0.25) is 0 Å². The average Bonchev–Trinajstić information content (AvgIpc) is 2.74. The van der Waals surface area contributed by atoms with Gasteiger partial charge in [0.1, 0.15) is 23.3 Å². The predicted octanol–water partition coefficient (Wildman–Crippen LogP) is 7.76. The first kappa shape index (κ1) is 25.9. The molecule has 0 aliphatic rings. The molecule has 0 fully saturated rings. The Bertz CT molecular complexity index is 1220. The van der Waals surface area contributed by atoms with E-state index in [0.29, 0.717) is 29.8 Å². The van der Waals surface area contributed by atoms with Crippen molar-refractivity contribution in [1.82, 2.24) is 0 Å². The number of phenols is 1. The van der Waals surface area contributed by atoms with E-state index >= 15 is 0 Å². The van der Waals surface area contributed by atoms with E-state index in [0.717, 1.165) is 24.3 Å². The van der Waals surface area contributed by atoms with Gasteiger partial charge in [0.15, 0.2) is 0 Å². The number of nitrogens with zero attached hydrogens (tertiary/aromatic N) is 1. The second kappa shape index (κ2) is 8.84. The summed E-state index contributed by atoms with van der Waals surface area (Å²) < 4.78 is 90.9. The van der Waals surface area contributed by atoms with E-state index < -0.39 is 40.1 Å². The minimum atomic E-state index is -5.75. The first-order valence-corrected chi connectivity index (χ1v) is 10.4. The van der Waals surface area contributed by atoms with Gasteiger partial charge in [-0.25, -0.2) is 0 Å². The summed E-state index contributed by atoms with van der Waals surface area (Å²) in [5, 5.41) is 19.0. The minimum absolute atomic E-state index is 0.0414. The van der Waals surface area contributed by atoms with Crippen molar-refractivity contribution in [3.63, 3.8) is 0 Å². The van der Waals surface area contributed by atoms with Crippen LogP contribution in [0.5, 0.6) is 17.2 Å². The molecule has 0 heterocycles. The van der Waals surface area contributed by atoms with Crippen molar-refractivity contribution in [3.05, 3.63) is 89.0 Å². The lowest BCUT2D eigenvalue weighted by Crippen LogP contribution is -2.54. The first-order chi connectivity index (χ1) is 16.1. The smallest absolute Gasteiger partial charge is 0.411 e. The van der Waals surface area contributed by atoms with Gasteiger partial charge in [0.05, 0.1) is 5.56 Å². The topological polar surface area (TPSA) is 53.2 Å². The number of hydrogen-bond donors (Lipinski definition) is 1. The SMILES string of the molecule is CC(C)(C)c1cccc(Oc2ccc(C(c3ccc(O)cc3)(C(F)(F)F)C(F)(F)F)cc2)c1C#N. The van der Waals surface area contributed by atoms with E-state index in [1.54, 1.807) is 12.1 Å². The maximum atomic E-state index is 14.2. The fourth-order valence-electron chi connectivity index (χ4n) is 3.95. The lowest BCUT2D eigenvalue weighted by Gasteiger charge is -2.38. The number of nitriles is 1. The van der Waals surface area contributed by atoms with E-state index in [9.17, 15) is 36.7 Å². The Balaban J connectivity index is 2.12. The van der Waals surface area contributed by atoms with Gasteiger partial charge < -0.3 is 9.84 Å². The largest absolute Gasteiger partial charge is 0.508 e. The van der Waals surface area contributed by atoms with Gasteiger partial charge in [-0.3, -0.25) is 0 Å². The number of alkyl halides is 6. The molecule has 3 rings (SSSR count). The van der Waals surface area contributed by atoms with E-state index in [4.69, 9.17) is 4.74 Å². The third-order valence-electron chi connectivity index (χ3n) is 5.61. The van der Waals surface area contributed by atoms with Gasteiger partial charge in [-0.15, -0.1) is 0 Å². The number of rotatable bonds is 4. The molecule has 0 saturated carbocycles. The Morgan fingerprint density at radius 2 is 1.23 bits per heavy atom. The maximum Gasteiger partial charge on any atom is 0.411 e. The summed E-state index contributed by atoms with van der Waals surface area (Å²) in [6.07, 6.45) is -11.5. The van der Waals surface area contributed by atoms with Crippen LogP contribution in [0.4, 0.5) is 26.3 Å². The highest BCUT2D eigenvalue weighted by atomic mass is 19.4. The van der Waals surface area contributed by atoms with Crippen LogP contribution in [0.25, 0.3) is 0 Å². The van der Waals surface area contributed by atoms with Crippen LogP contribution >= 0.6 is 0 Å². The molecule has 184 valence electrons. The normalized spacial score (nSPS) is 12.8.